The molecule has 6 rings (SSSR count). The van der Waals surface area contributed by atoms with Gasteiger partial charge in [-0.3, -0.25) is 30.1 Å². The summed E-state index contributed by atoms with van der Waals surface area (Å²) in [5.41, 5.74) is 1.83. The molecule has 6 aromatic rings. The summed E-state index contributed by atoms with van der Waals surface area (Å²) in [5.74, 6) is 1.62. The molecule has 0 spiro atoms. The average Bonchev–Trinajstić information content (AvgIpc) is 3.60. The van der Waals surface area contributed by atoms with Gasteiger partial charge in [0.25, 0.3) is 11.4 Å². The van der Waals surface area contributed by atoms with Gasteiger partial charge in [0.05, 0.1) is 15.4 Å². The van der Waals surface area contributed by atoms with Gasteiger partial charge in [-0.15, -0.1) is 0 Å². The number of nitrogens with one attached hydrogen (secondary N) is 2. The molecule has 0 fully saturated rings. The van der Waals surface area contributed by atoms with Gasteiger partial charge in [0.15, 0.2) is 6.29 Å². The molecule has 0 aliphatic rings. The number of aldehydes is 1. The summed E-state index contributed by atoms with van der Waals surface area (Å²) in [4.78, 5) is 41.7. The van der Waals surface area contributed by atoms with Gasteiger partial charge in [-0.05, 0) is 42.5 Å². The summed E-state index contributed by atoms with van der Waals surface area (Å²) in [5, 5.41) is 29.3. The van der Waals surface area contributed by atoms with Crippen LogP contribution in [-0.4, -0.2) is 41.3 Å². The van der Waals surface area contributed by atoms with E-state index in [0.717, 1.165) is 17.1 Å². The molecular formula is C26H17N7O7. The average molecular weight is 539 g/mol. The standard InChI is InChI=1S/C13H8N4O4.C13H9N3O3/c18-7-12-10-5-9(2-3-11(10)15-16-12)21-13-4-1-8(6-14-13)17(19)20;17-16(18)10-1-4-13(15-8-10)19-11-2-3-12-9(7-11)5-6-14-12/h1-7H,(H,15,16);1-8,14H. The number of pyridine rings is 2. The number of hydrogen-bond donors (Lipinski definition) is 2. The highest BCUT2D eigenvalue weighted by molar-refractivity contribution is 5.95. The van der Waals surface area contributed by atoms with Gasteiger partial charge in [0.1, 0.15) is 29.6 Å². The number of H-pyrrole nitrogens is 2. The van der Waals surface area contributed by atoms with Crippen molar-refractivity contribution in [3.05, 3.63) is 111 Å². The Bertz CT molecular complexity index is 1830. The van der Waals surface area contributed by atoms with Crippen molar-refractivity contribution in [3.63, 3.8) is 0 Å². The lowest BCUT2D eigenvalue weighted by Gasteiger charge is -2.04. The number of aromatic nitrogens is 5. The van der Waals surface area contributed by atoms with Gasteiger partial charge < -0.3 is 14.5 Å². The van der Waals surface area contributed by atoms with E-state index in [9.17, 15) is 25.0 Å². The third kappa shape index (κ3) is 5.70. The van der Waals surface area contributed by atoms with E-state index < -0.39 is 9.85 Å². The number of nitro groups is 2. The predicted molar refractivity (Wildman–Crippen MR) is 142 cm³/mol. The molecule has 0 aliphatic heterocycles. The Morgan fingerprint density at radius 2 is 1.40 bits per heavy atom. The summed E-state index contributed by atoms with van der Waals surface area (Å²) >= 11 is 0. The zero-order valence-electron chi connectivity index (χ0n) is 20.3. The Morgan fingerprint density at radius 3 is 1.98 bits per heavy atom. The third-order valence-corrected chi connectivity index (χ3v) is 5.51. The molecule has 2 aromatic carbocycles. The van der Waals surface area contributed by atoms with E-state index >= 15 is 0 Å². The van der Waals surface area contributed by atoms with E-state index in [1.165, 1.54) is 30.5 Å². The summed E-state index contributed by atoms with van der Waals surface area (Å²) < 4.78 is 11.0. The van der Waals surface area contributed by atoms with Gasteiger partial charge in [0.2, 0.25) is 11.8 Å². The second-order valence-electron chi connectivity index (χ2n) is 8.09. The van der Waals surface area contributed by atoms with E-state index in [2.05, 4.69) is 25.1 Å². The molecule has 2 N–H and O–H groups in total. The molecule has 14 heteroatoms. The lowest BCUT2D eigenvalue weighted by atomic mass is 10.2. The molecule has 0 radical (unpaired) electrons. The van der Waals surface area contributed by atoms with Crippen molar-refractivity contribution in [2.24, 2.45) is 0 Å². The SMILES string of the molecule is O=Cc1[nH]nc2ccc(Oc3ccc([N+](=O)[O-])cn3)cc12.O=[N+]([O-])c1ccc(Oc2ccc3[nH]ccc3c2)nc1. The largest absolute Gasteiger partial charge is 0.439 e. The monoisotopic (exact) mass is 539 g/mol. The molecule has 0 saturated heterocycles. The number of rotatable bonds is 7. The fourth-order valence-corrected chi connectivity index (χ4v) is 3.58. The fourth-order valence-electron chi connectivity index (χ4n) is 3.58. The third-order valence-electron chi connectivity index (χ3n) is 5.51. The van der Waals surface area contributed by atoms with Gasteiger partial charge in [-0.25, -0.2) is 9.97 Å². The summed E-state index contributed by atoms with van der Waals surface area (Å²) in [6.07, 6.45) is 4.80. The zero-order valence-corrected chi connectivity index (χ0v) is 20.3. The fraction of sp³-hybridized carbons (Fsp3) is 0. The van der Waals surface area contributed by atoms with Crippen molar-refractivity contribution in [2.75, 3.05) is 0 Å². The normalized spacial score (nSPS) is 10.5. The number of aromatic amines is 2. The Balaban J connectivity index is 0.000000162. The maximum atomic E-state index is 10.9. The minimum atomic E-state index is -0.537. The first-order chi connectivity index (χ1) is 19.4. The van der Waals surface area contributed by atoms with Gasteiger partial charge in [0, 0.05) is 46.8 Å². The van der Waals surface area contributed by atoms with Crippen LogP contribution in [0, 0.1) is 20.2 Å². The van der Waals surface area contributed by atoms with Crippen molar-refractivity contribution in [2.45, 2.75) is 0 Å². The number of fused-ring (bicyclic) bond motifs is 2. The van der Waals surface area contributed by atoms with Crippen LogP contribution in [0.15, 0.2) is 85.3 Å². The molecule has 0 unspecified atom stereocenters. The van der Waals surface area contributed by atoms with Crippen molar-refractivity contribution in [1.82, 2.24) is 25.1 Å². The molecular weight excluding hydrogens is 522 g/mol. The van der Waals surface area contributed by atoms with Crippen LogP contribution in [0.3, 0.4) is 0 Å². The number of benzene rings is 2. The molecule has 14 nitrogen and oxygen atoms in total. The number of carbonyl (C=O) groups is 1. The van der Waals surface area contributed by atoms with E-state index in [4.69, 9.17) is 9.47 Å². The summed E-state index contributed by atoms with van der Waals surface area (Å²) in [7, 11) is 0. The van der Waals surface area contributed by atoms with Crippen molar-refractivity contribution in [3.8, 4) is 23.3 Å². The second-order valence-corrected chi connectivity index (χ2v) is 8.09. The van der Waals surface area contributed by atoms with E-state index in [0.29, 0.717) is 40.3 Å². The molecule has 4 aromatic heterocycles. The first kappa shape index (κ1) is 25.5. The lowest BCUT2D eigenvalue weighted by molar-refractivity contribution is -0.385. The highest BCUT2D eigenvalue weighted by Crippen LogP contribution is 2.26. The molecule has 0 aliphatic carbocycles. The van der Waals surface area contributed by atoms with Crippen LogP contribution in [0.2, 0.25) is 0 Å². The molecule has 0 bridgehead atoms. The molecule has 0 atom stereocenters. The van der Waals surface area contributed by atoms with Crippen molar-refractivity contribution in [1.29, 1.82) is 0 Å². The Hall–Kier alpha value is -6.18. The zero-order chi connectivity index (χ0) is 28.1. The minimum absolute atomic E-state index is 0.0616. The topological polar surface area (TPSA) is 192 Å². The molecule has 0 saturated carbocycles. The summed E-state index contributed by atoms with van der Waals surface area (Å²) in [6.45, 7) is 0. The highest BCUT2D eigenvalue weighted by atomic mass is 16.6. The number of ether oxygens (including phenoxy) is 2. The van der Waals surface area contributed by atoms with Crippen molar-refractivity contribution < 1.29 is 24.1 Å². The molecule has 40 heavy (non-hydrogen) atoms. The van der Waals surface area contributed by atoms with Crippen LogP contribution >= 0.6 is 0 Å². The Labute approximate surface area is 223 Å². The Morgan fingerprint density at radius 1 is 0.775 bits per heavy atom. The minimum Gasteiger partial charge on any atom is -0.439 e. The molecule has 4 heterocycles. The first-order valence-corrected chi connectivity index (χ1v) is 11.5. The lowest BCUT2D eigenvalue weighted by Crippen LogP contribution is -1.91. The number of nitrogens with zero attached hydrogens (tertiary/aromatic N) is 5. The predicted octanol–water partition coefficient (Wildman–Crippen LogP) is 5.73. The quantitative estimate of drug-likeness (QED) is 0.144. The maximum absolute atomic E-state index is 10.9. The maximum Gasteiger partial charge on any atom is 0.287 e. The molecule has 0 amide bonds. The van der Waals surface area contributed by atoms with Crippen LogP contribution in [0.4, 0.5) is 11.4 Å². The highest BCUT2D eigenvalue weighted by Gasteiger charge is 2.10. The van der Waals surface area contributed by atoms with Crippen LogP contribution in [0.1, 0.15) is 10.5 Å². The van der Waals surface area contributed by atoms with Gasteiger partial charge in [-0.1, -0.05) is 0 Å². The van der Waals surface area contributed by atoms with Crippen LogP contribution in [0.5, 0.6) is 23.3 Å². The van der Waals surface area contributed by atoms with E-state index in [-0.39, 0.29) is 17.3 Å². The van der Waals surface area contributed by atoms with Crippen LogP contribution < -0.4 is 9.47 Å². The van der Waals surface area contributed by atoms with Crippen molar-refractivity contribution >= 4 is 39.5 Å². The van der Waals surface area contributed by atoms with Crippen LogP contribution in [0.25, 0.3) is 21.8 Å². The second kappa shape index (κ2) is 11.1. The smallest absolute Gasteiger partial charge is 0.287 e. The van der Waals surface area contributed by atoms with Gasteiger partial charge >= 0.3 is 0 Å². The van der Waals surface area contributed by atoms with Gasteiger partial charge in [-0.2, -0.15) is 5.10 Å². The van der Waals surface area contributed by atoms with Crippen LogP contribution in [-0.2, 0) is 0 Å². The van der Waals surface area contributed by atoms with E-state index in [1.807, 2.05) is 30.5 Å². The first-order valence-electron chi connectivity index (χ1n) is 11.5. The molecule has 198 valence electrons. The van der Waals surface area contributed by atoms with E-state index in [1.54, 1.807) is 18.2 Å². The number of hydrogen-bond acceptors (Lipinski definition) is 10. The Kier molecular flexibility index (Phi) is 7.04. The summed E-state index contributed by atoms with van der Waals surface area (Å²) in [6, 6.07) is 18.1. The number of carbonyl (C=O) groups excluding carboxylic acids is 1.